The molecule has 0 radical (unpaired) electrons. The van der Waals surface area contributed by atoms with Crippen LogP contribution < -0.4 is 11.5 Å². The molecule has 0 aromatic carbocycles. The predicted molar refractivity (Wildman–Crippen MR) is 45.4 cm³/mol. The number of carbonyl (C=O) groups is 1. The quantitative estimate of drug-likeness (QED) is 0.649. The Morgan fingerprint density at radius 3 is 2.67 bits per heavy atom. The van der Waals surface area contributed by atoms with Gasteiger partial charge in [-0.2, -0.15) is 0 Å². The molecule has 0 aromatic heterocycles. The third-order valence-electron chi connectivity index (χ3n) is 2.56. The van der Waals surface area contributed by atoms with Crippen LogP contribution >= 0.6 is 0 Å². The maximum absolute atomic E-state index is 10.3. The summed E-state index contributed by atoms with van der Waals surface area (Å²) < 4.78 is 4.74. The smallest absolute Gasteiger partial charge is 0.404 e. The maximum Gasteiger partial charge on any atom is 0.404 e. The van der Waals surface area contributed by atoms with E-state index >= 15 is 0 Å². The molecule has 4 N–H and O–H groups in total. The lowest BCUT2D eigenvalue weighted by Crippen LogP contribution is -2.25. The zero-order valence-electron chi connectivity index (χ0n) is 7.16. The van der Waals surface area contributed by atoms with Crippen molar-refractivity contribution in [3.63, 3.8) is 0 Å². The van der Waals surface area contributed by atoms with E-state index < -0.39 is 6.09 Å². The lowest BCUT2D eigenvalue weighted by molar-refractivity contribution is 0.126. The van der Waals surface area contributed by atoms with E-state index in [1.165, 1.54) is 6.42 Å². The fourth-order valence-corrected chi connectivity index (χ4v) is 1.83. The fraction of sp³-hybridized carbons (Fsp3) is 0.875. The molecule has 12 heavy (non-hydrogen) atoms. The molecule has 2 unspecified atom stereocenters. The van der Waals surface area contributed by atoms with E-state index in [4.69, 9.17) is 16.2 Å². The number of ether oxygens (including phenoxy) is 1. The van der Waals surface area contributed by atoms with Crippen molar-refractivity contribution in [2.24, 2.45) is 23.3 Å². The molecule has 1 fully saturated rings. The van der Waals surface area contributed by atoms with Gasteiger partial charge in [-0.15, -0.1) is 0 Å². The number of rotatable bonds is 3. The Labute approximate surface area is 72.2 Å². The number of carbonyl (C=O) groups excluding carboxylic acids is 1. The first-order chi connectivity index (χ1) is 5.74. The van der Waals surface area contributed by atoms with Gasteiger partial charge in [0, 0.05) is 0 Å². The highest BCUT2D eigenvalue weighted by molar-refractivity contribution is 5.64. The fourth-order valence-electron chi connectivity index (χ4n) is 1.83. The molecular weight excluding hydrogens is 156 g/mol. The van der Waals surface area contributed by atoms with Gasteiger partial charge in [0.1, 0.15) is 0 Å². The van der Waals surface area contributed by atoms with Gasteiger partial charge in [0.15, 0.2) is 0 Å². The van der Waals surface area contributed by atoms with Crippen molar-refractivity contribution in [3.8, 4) is 0 Å². The zero-order valence-corrected chi connectivity index (χ0v) is 7.16. The molecule has 0 aromatic rings. The van der Waals surface area contributed by atoms with Gasteiger partial charge in [-0.1, -0.05) is 6.42 Å². The second kappa shape index (κ2) is 4.30. The first-order valence-corrected chi connectivity index (χ1v) is 4.36. The molecular formula is C8H16N2O2. The van der Waals surface area contributed by atoms with Gasteiger partial charge in [0.05, 0.1) is 6.61 Å². The molecule has 4 heteroatoms. The summed E-state index contributed by atoms with van der Waals surface area (Å²) in [5, 5.41) is 0. The van der Waals surface area contributed by atoms with E-state index in [0.29, 0.717) is 25.0 Å². The van der Waals surface area contributed by atoms with Crippen LogP contribution in [0.5, 0.6) is 0 Å². The summed E-state index contributed by atoms with van der Waals surface area (Å²) in [5.41, 5.74) is 10.4. The summed E-state index contributed by atoms with van der Waals surface area (Å²) in [7, 11) is 0. The summed E-state index contributed by atoms with van der Waals surface area (Å²) in [6, 6.07) is 0. The summed E-state index contributed by atoms with van der Waals surface area (Å²) in [5.74, 6) is 0.951. The topological polar surface area (TPSA) is 78.3 Å². The monoisotopic (exact) mass is 172 g/mol. The van der Waals surface area contributed by atoms with Crippen molar-refractivity contribution in [3.05, 3.63) is 0 Å². The second-order valence-corrected chi connectivity index (χ2v) is 3.32. The van der Waals surface area contributed by atoms with Crippen LogP contribution in [0.15, 0.2) is 0 Å². The molecule has 1 rings (SSSR count). The highest BCUT2D eigenvalue weighted by atomic mass is 16.5. The van der Waals surface area contributed by atoms with Crippen molar-refractivity contribution in [1.29, 1.82) is 0 Å². The number of hydrogen-bond donors (Lipinski definition) is 2. The molecule has 1 aliphatic rings. The molecule has 0 aliphatic heterocycles. The van der Waals surface area contributed by atoms with Gasteiger partial charge in [-0.25, -0.2) is 4.79 Å². The van der Waals surface area contributed by atoms with Gasteiger partial charge >= 0.3 is 6.09 Å². The van der Waals surface area contributed by atoms with Crippen LogP contribution in [0, 0.1) is 11.8 Å². The summed E-state index contributed by atoms with van der Waals surface area (Å²) >= 11 is 0. The Balaban J connectivity index is 2.26. The number of primary amides is 1. The van der Waals surface area contributed by atoms with Gasteiger partial charge in [0.2, 0.25) is 0 Å². The molecule has 1 aliphatic carbocycles. The minimum Gasteiger partial charge on any atom is -0.449 e. The Hall–Kier alpha value is -0.770. The van der Waals surface area contributed by atoms with Crippen molar-refractivity contribution < 1.29 is 9.53 Å². The predicted octanol–water partition coefficient (Wildman–Crippen LogP) is 0.457. The van der Waals surface area contributed by atoms with Crippen LogP contribution in [-0.2, 0) is 4.74 Å². The van der Waals surface area contributed by atoms with Crippen LogP contribution in [-0.4, -0.2) is 19.2 Å². The first-order valence-electron chi connectivity index (χ1n) is 4.36. The van der Waals surface area contributed by atoms with Crippen LogP contribution in [0.3, 0.4) is 0 Å². The Morgan fingerprint density at radius 1 is 1.42 bits per heavy atom. The van der Waals surface area contributed by atoms with E-state index in [9.17, 15) is 4.79 Å². The molecule has 0 spiro atoms. The molecule has 0 saturated heterocycles. The molecule has 0 heterocycles. The lowest BCUT2D eigenvalue weighted by Gasteiger charge is -2.16. The van der Waals surface area contributed by atoms with Crippen LogP contribution in [0.4, 0.5) is 4.79 Å². The second-order valence-electron chi connectivity index (χ2n) is 3.32. The number of nitrogens with two attached hydrogens (primary N) is 2. The summed E-state index contributed by atoms with van der Waals surface area (Å²) in [4.78, 5) is 10.3. The third-order valence-corrected chi connectivity index (χ3v) is 2.56. The standard InChI is InChI=1S/C8H16N2O2/c9-4-6-2-1-3-7(6)5-12-8(10)11/h6-7H,1-5,9H2,(H2,10,11). The number of hydrogen-bond acceptors (Lipinski definition) is 3. The van der Waals surface area contributed by atoms with Gasteiger partial charge in [-0.3, -0.25) is 0 Å². The Morgan fingerprint density at radius 2 is 2.08 bits per heavy atom. The minimum atomic E-state index is -0.683. The van der Waals surface area contributed by atoms with E-state index in [0.717, 1.165) is 12.8 Å². The van der Waals surface area contributed by atoms with Gasteiger partial charge in [-0.05, 0) is 31.2 Å². The average Bonchev–Trinajstić information content (AvgIpc) is 2.47. The van der Waals surface area contributed by atoms with Crippen LogP contribution in [0.2, 0.25) is 0 Å². The molecule has 1 amide bonds. The van der Waals surface area contributed by atoms with E-state index in [2.05, 4.69) is 0 Å². The Kier molecular flexibility index (Phi) is 3.34. The number of amides is 1. The van der Waals surface area contributed by atoms with Crippen LogP contribution in [0.1, 0.15) is 19.3 Å². The van der Waals surface area contributed by atoms with Crippen molar-refractivity contribution in [2.45, 2.75) is 19.3 Å². The van der Waals surface area contributed by atoms with Gasteiger partial charge in [0.25, 0.3) is 0 Å². The molecule has 1 saturated carbocycles. The largest absolute Gasteiger partial charge is 0.449 e. The molecule has 2 atom stereocenters. The highest BCUT2D eigenvalue weighted by Gasteiger charge is 2.26. The maximum atomic E-state index is 10.3. The minimum absolute atomic E-state index is 0.433. The summed E-state index contributed by atoms with van der Waals surface area (Å²) in [6.07, 6.45) is 2.77. The SMILES string of the molecule is NCC1CCCC1COC(N)=O. The van der Waals surface area contributed by atoms with E-state index in [-0.39, 0.29) is 0 Å². The van der Waals surface area contributed by atoms with Gasteiger partial charge < -0.3 is 16.2 Å². The van der Waals surface area contributed by atoms with Crippen molar-refractivity contribution >= 4 is 6.09 Å². The average molecular weight is 172 g/mol. The zero-order chi connectivity index (χ0) is 8.97. The third kappa shape index (κ3) is 2.37. The first kappa shape index (κ1) is 9.32. The highest BCUT2D eigenvalue weighted by Crippen LogP contribution is 2.30. The lowest BCUT2D eigenvalue weighted by atomic mass is 9.97. The molecule has 0 bridgehead atoms. The normalized spacial score (nSPS) is 28.8. The Bertz CT molecular complexity index is 161. The van der Waals surface area contributed by atoms with Crippen molar-refractivity contribution in [2.75, 3.05) is 13.2 Å². The summed E-state index contributed by atoms with van der Waals surface area (Å²) in [6.45, 7) is 1.13. The van der Waals surface area contributed by atoms with Crippen molar-refractivity contribution in [1.82, 2.24) is 0 Å². The van der Waals surface area contributed by atoms with E-state index in [1.54, 1.807) is 0 Å². The molecule has 70 valence electrons. The van der Waals surface area contributed by atoms with E-state index in [1.807, 2.05) is 0 Å². The van der Waals surface area contributed by atoms with Crippen LogP contribution in [0.25, 0.3) is 0 Å². The molecule has 4 nitrogen and oxygen atoms in total.